The van der Waals surface area contributed by atoms with Gasteiger partial charge in [-0.3, -0.25) is 10.1 Å². The van der Waals surface area contributed by atoms with Crippen LogP contribution in [0.4, 0.5) is 11.4 Å². The highest BCUT2D eigenvalue weighted by Crippen LogP contribution is 2.27. The van der Waals surface area contributed by atoms with E-state index in [4.69, 9.17) is 16.0 Å². The lowest BCUT2D eigenvalue weighted by atomic mass is 10.2. The van der Waals surface area contributed by atoms with E-state index in [1.54, 1.807) is 18.4 Å². The van der Waals surface area contributed by atoms with Gasteiger partial charge in [-0.15, -0.1) is 0 Å². The number of rotatable bonds is 5. The lowest BCUT2D eigenvalue weighted by molar-refractivity contribution is -0.384. The molecule has 0 radical (unpaired) electrons. The van der Waals surface area contributed by atoms with Gasteiger partial charge in [-0.1, -0.05) is 11.6 Å². The van der Waals surface area contributed by atoms with Crippen LogP contribution in [0.1, 0.15) is 12.7 Å². The van der Waals surface area contributed by atoms with Crippen molar-refractivity contribution in [1.29, 1.82) is 0 Å². The predicted octanol–water partition coefficient (Wildman–Crippen LogP) is 3.88. The Hall–Kier alpha value is -2.01. The van der Waals surface area contributed by atoms with Gasteiger partial charge >= 0.3 is 0 Å². The van der Waals surface area contributed by atoms with Crippen LogP contribution in [-0.4, -0.2) is 11.0 Å². The molecule has 2 rings (SSSR count). The van der Waals surface area contributed by atoms with Crippen molar-refractivity contribution in [1.82, 2.24) is 0 Å². The van der Waals surface area contributed by atoms with Gasteiger partial charge < -0.3 is 9.73 Å². The molecule has 1 unspecified atom stereocenters. The first-order valence-corrected chi connectivity index (χ1v) is 6.17. The average molecular weight is 281 g/mol. The molecule has 0 spiro atoms. The van der Waals surface area contributed by atoms with Gasteiger partial charge in [0.1, 0.15) is 10.8 Å². The van der Waals surface area contributed by atoms with Gasteiger partial charge in [0.2, 0.25) is 0 Å². The van der Waals surface area contributed by atoms with Crippen molar-refractivity contribution >= 4 is 23.0 Å². The van der Waals surface area contributed by atoms with Gasteiger partial charge in [0, 0.05) is 24.2 Å². The standard InChI is InChI=1S/C13H13ClN2O3/c1-9(7-11-3-2-6-19-11)15-10-4-5-13(16(17)18)12(14)8-10/h2-6,8-9,15H,7H2,1H3. The number of furan rings is 1. The molecule has 0 aliphatic carbocycles. The van der Waals surface area contributed by atoms with Crippen molar-refractivity contribution in [2.75, 3.05) is 5.32 Å². The van der Waals surface area contributed by atoms with E-state index in [0.29, 0.717) is 0 Å². The quantitative estimate of drug-likeness (QED) is 0.666. The Morgan fingerprint density at radius 1 is 1.47 bits per heavy atom. The first-order chi connectivity index (χ1) is 9.06. The Labute approximate surface area is 115 Å². The molecule has 100 valence electrons. The summed E-state index contributed by atoms with van der Waals surface area (Å²) in [7, 11) is 0. The molecular weight excluding hydrogens is 268 g/mol. The minimum atomic E-state index is -0.502. The number of halogens is 1. The molecule has 1 atom stereocenters. The second-order valence-electron chi connectivity index (χ2n) is 4.25. The van der Waals surface area contributed by atoms with Crippen LogP contribution < -0.4 is 5.32 Å². The Morgan fingerprint density at radius 2 is 2.26 bits per heavy atom. The normalized spacial score (nSPS) is 12.1. The number of hydrogen-bond acceptors (Lipinski definition) is 4. The number of anilines is 1. The molecule has 0 saturated carbocycles. The van der Waals surface area contributed by atoms with Crippen LogP contribution >= 0.6 is 11.6 Å². The number of nitro groups is 1. The maximum absolute atomic E-state index is 10.7. The fraction of sp³-hybridized carbons (Fsp3) is 0.231. The van der Waals surface area contributed by atoms with Crippen LogP contribution in [0.25, 0.3) is 0 Å². The first kappa shape index (κ1) is 13.4. The van der Waals surface area contributed by atoms with Crippen LogP contribution in [0, 0.1) is 10.1 Å². The highest BCUT2D eigenvalue weighted by molar-refractivity contribution is 6.32. The molecule has 1 heterocycles. The predicted molar refractivity (Wildman–Crippen MR) is 73.6 cm³/mol. The van der Waals surface area contributed by atoms with Crippen LogP contribution in [0.2, 0.25) is 5.02 Å². The molecule has 1 N–H and O–H groups in total. The Balaban J connectivity index is 2.03. The molecule has 0 bridgehead atoms. The number of nitro benzene ring substituents is 1. The van der Waals surface area contributed by atoms with Crippen LogP contribution in [-0.2, 0) is 6.42 Å². The molecule has 0 amide bonds. The van der Waals surface area contributed by atoms with Crippen molar-refractivity contribution in [2.45, 2.75) is 19.4 Å². The number of benzene rings is 1. The largest absolute Gasteiger partial charge is 0.469 e. The van der Waals surface area contributed by atoms with E-state index in [1.165, 1.54) is 6.07 Å². The molecule has 0 aliphatic rings. The summed E-state index contributed by atoms with van der Waals surface area (Å²) >= 11 is 5.85. The third kappa shape index (κ3) is 3.48. The van der Waals surface area contributed by atoms with E-state index < -0.39 is 4.92 Å². The summed E-state index contributed by atoms with van der Waals surface area (Å²) in [6.45, 7) is 2.00. The highest BCUT2D eigenvalue weighted by atomic mass is 35.5. The van der Waals surface area contributed by atoms with E-state index in [2.05, 4.69) is 5.32 Å². The molecule has 0 saturated heterocycles. The zero-order valence-electron chi connectivity index (χ0n) is 10.3. The molecule has 0 aliphatic heterocycles. The van der Waals surface area contributed by atoms with Crippen molar-refractivity contribution in [3.8, 4) is 0 Å². The third-order valence-corrected chi connectivity index (χ3v) is 2.95. The Morgan fingerprint density at radius 3 is 2.84 bits per heavy atom. The SMILES string of the molecule is CC(Cc1ccco1)Nc1ccc([N+](=O)[O-])c(Cl)c1. The summed E-state index contributed by atoms with van der Waals surface area (Å²) in [5.74, 6) is 0.882. The molecule has 5 nitrogen and oxygen atoms in total. The van der Waals surface area contributed by atoms with Gasteiger partial charge in [-0.05, 0) is 31.2 Å². The average Bonchev–Trinajstić information content (AvgIpc) is 2.81. The van der Waals surface area contributed by atoms with Crippen molar-refractivity contribution in [3.05, 3.63) is 57.5 Å². The van der Waals surface area contributed by atoms with E-state index in [1.807, 2.05) is 19.1 Å². The number of hydrogen-bond donors (Lipinski definition) is 1. The van der Waals surface area contributed by atoms with Crippen LogP contribution in [0.5, 0.6) is 0 Å². The lowest BCUT2D eigenvalue weighted by Crippen LogP contribution is -2.17. The van der Waals surface area contributed by atoms with Crippen LogP contribution in [0.3, 0.4) is 0 Å². The van der Waals surface area contributed by atoms with Gasteiger partial charge in [0.05, 0.1) is 11.2 Å². The number of nitrogens with one attached hydrogen (secondary N) is 1. The maximum Gasteiger partial charge on any atom is 0.288 e. The summed E-state index contributed by atoms with van der Waals surface area (Å²) < 4.78 is 5.26. The first-order valence-electron chi connectivity index (χ1n) is 5.79. The monoisotopic (exact) mass is 280 g/mol. The smallest absolute Gasteiger partial charge is 0.288 e. The highest BCUT2D eigenvalue weighted by Gasteiger charge is 2.13. The van der Waals surface area contributed by atoms with Gasteiger partial charge in [-0.2, -0.15) is 0 Å². The molecule has 0 fully saturated rings. The number of nitrogens with zero attached hydrogens (tertiary/aromatic N) is 1. The van der Waals surface area contributed by atoms with Gasteiger partial charge in [-0.25, -0.2) is 0 Å². The summed E-state index contributed by atoms with van der Waals surface area (Å²) in [5, 5.41) is 14.0. The van der Waals surface area contributed by atoms with Crippen molar-refractivity contribution in [3.63, 3.8) is 0 Å². The fourth-order valence-electron chi connectivity index (χ4n) is 1.81. The minimum absolute atomic E-state index is 0.0918. The summed E-state index contributed by atoms with van der Waals surface area (Å²) in [5.41, 5.74) is 0.653. The Bertz CT molecular complexity index is 569. The lowest BCUT2D eigenvalue weighted by Gasteiger charge is -2.14. The topological polar surface area (TPSA) is 68.3 Å². The molecule has 1 aromatic carbocycles. The molecule has 6 heteroatoms. The fourth-order valence-corrected chi connectivity index (χ4v) is 2.06. The van der Waals surface area contributed by atoms with Gasteiger partial charge in [0.15, 0.2) is 0 Å². The van der Waals surface area contributed by atoms with Crippen molar-refractivity contribution in [2.24, 2.45) is 0 Å². The Kier molecular flexibility index (Phi) is 4.06. The molecule has 19 heavy (non-hydrogen) atoms. The van der Waals surface area contributed by atoms with E-state index >= 15 is 0 Å². The molecule has 1 aromatic heterocycles. The zero-order valence-corrected chi connectivity index (χ0v) is 11.1. The third-order valence-electron chi connectivity index (χ3n) is 2.64. The van der Waals surface area contributed by atoms with Crippen molar-refractivity contribution < 1.29 is 9.34 Å². The molecule has 2 aromatic rings. The second kappa shape index (κ2) is 5.75. The van der Waals surface area contributed by atoms with Crippen LogP contribution in [0.15, 0.2) is 41.0 Å². The summed E-state index contributed by atoms with van der Waals surface area (Å²) in [4.78, 5) is 10.2. The van der Waals surface area contributed by atoms with E-state index in [-0.39, 0.29) is 16.8 Å². The zero-order chi connectivity index (χ0) is 13.8. The maximum atomic E-state index is 10.7. The minimum Gasteiger partial charge on any atom is -0.469 e. The summed E-state index contributed by atoms with van der Waals surface area (Å²) in [6, 6.07) is 8.46. The van der Waals surface area contributed by atoms with E-state index in [9.17, 15) is 10.1 Å². The second-order valence-corrected chi connectivity index (χ2v) is 4.66. The van der Waals surface area contributed by atoms with E-state index in [0.717, 1.165) is 17.9 Å². The molecular formula is C13H13ClN2O3. The summed E-state index contributed by atoms with van der Waals surface area (Å²) in [6.07, 6.45) is 2.35. The van der Waals surface area contributed by atoms with Gasteiger partial charge in [0.25, 0.3) is 5.69 Å².